The van der Waals surface area contributed by atoms with E-state index < -0.39 is 11.9 Å². The van der Waals surface area contributed by atoms with Gasteiger partial charge in [-0.05, 0) is 37.2 Å². The van der Waals surface area contributed by atoms with Crippen LogP contribution in [0.1, 0.15) is 18.9 Å². The molecule has 1 saturated heterocycles. The van der Waals surface area contributed by atoms with Gasteiger partial charge >= 0.3 is 11.9 Å². The number of fused-ring (bicyclic) bond motifs is 3. The lowest BCUT2D eigenvalue weighted by Gasteiger charge is -2.32. The first kappa shape index (κ1) is 17.8. The van der Waals surface area contributed by atoms with E-state index in [0.717, 1.165) is 13.0 Å². The van der Waals surface area contributed by atoms with Crippen molar-refractivity contribution in [2.24, 2.45) is 0 Å². The van der Waals surface area contributed by atoms with Gasteiger partial charge in [0, 0.05) is 36.8 Å². The number of likely N-dealkylation sites (tertiary alicyclic amines) is 1. The topological polar surface area (TPSA) is 101 Å². The number of likely N-dealkylation sites (N-methyl/N-ethyl adjacent to an activating group) is 2. The van der Waals surface area contributed by atoms with Crippen LogP contribution in [0.15, 0.2) is 30.4 Å². The molecule has 0 saturated carbocycles. The number of hydrogen-bond donors (Lipinski definition) is 3. The van der Waals surface area contributed by atoms with Gasteiger partial charge in [0.25, 0.3) is 0 Å². The second-order valence-electron chi connectivity index (χ2n) is 6.34. The van der Waals surface area contributed by atoms with Crippen molar-refractivity contribution in [1.82, 2.24) is 4.90 Å². The molecule has 2 aliphatic heterocycles. The molecular formula is C17H22N2O5. The minimum absolute atomic E-state index is 0.164. The molecule has 0 spiro atoms. The van der Waals surface area contributed by atoms with Crippen LogP contribution in [0.5, 0.6) is 5.75 Å². The highest BCUT2D eigenvalue weighted by Gasteiger charge is 2.52. The number of anilines is 1. The molecule has 0 aromatic heterocycles. The maximum atomic E-state index is 9.65. The number of aromatic hydroxyl groups is 1. The molecule has 3 rings (SSSR count). The summed E-state index contributed by atoms with van der Waals surface area (Å²) in [5.41, 5.74) is 2.72. The summed E-state index contributed by atoms with van der Waals surface area (Å²) in [4.78, 5) is 23.8. The van der Waals surface area contributed by atoms with E-state index in [2.05, 4.69) is 30.8 Å². The number of hydrogen-bond acceptors (Lipinski definition) is 5. The lowest BCUT2D eigenvalue weighted by molar-refractivity contribution is -0.134. The van der Waals surface area contributed by atoms with Crippen molar-refractivity contribution in [2.75, 3.05) is 25.5 Å². The average Bonchev–Trinajstić information content (AvgIpc) is 2.92. The number of rotatable bonds is 2. The van der Waals surface area contributed by atoms with E-state index >= 15 is 0 Å². The molecule has 130 valence electrons. The van der Waals surface area contributed by atoms with Crippen LogP contribution in [0.4, 0.5) is 5.69 Å². The van der Waals surface area contributed by atoms with Crippen LogP contribution >= 0.6 is 0 Å². The zero-order valence-corrected chi connectivity index (χ0v) is 13.9. The van der Waals surface area contributed by atoms with Crippen molar-refractivity contribution in [1.29, 1.82) is 0 Å². The Balaban J connectivity index is 0.000000224. The fourth-order valence-electron chi connectivity index (χ4n) is 3.71. The van der Waals surface area contributed by atoms with Crippen LogP contribution in [-0.4, -0.2) is 59.0 Å². The summed E-state index contributed by atoms with van der Waals surface area (Å²) in [6.07, 6.45) is 2.71. The summed E-state index contributed by atoms with van der Waals surface area (Å²) in [5.74, 6) is -2.14. The number of aliphatic carboxylic acids is 2. The SMILES string of the molecule is CN1CC[C@@]2(C)c3cc(O)ccc3N(C)[C@@H]12.O=C(O)/C=C\C(=O)O. The van der Waals surface area contributed by atoms with Crippen LogP contribution < -0.4 is 4.90 Å². The van der Waals surface area contributed by atoms with E-state index in [-0.39, 0.29) is 5.41 Å². The molecule has 1 aromatic carbocycles. The quantitative estimate of drug-likeness (QED) is 0.704. The summed E-state index contributed by atoms with van der Waals surface area (Å²) in [6.45, 7) is 3.43. The molecule has 0 unspecified atom stereocenters. The second kappa shape index (κ2) is 6.52. The lowest BCUT2D eigenvalue weighted by atomic mass is 9.81. The van der Waals surface area contributed by atoms with Gasteiger partial charge in [0.05, 0.1) is 6.17 Å². The van der Waals surface area contributed by atoms with Gasteiger partial charge in [0.15, 0.2) is 0 Å². The lowest BCUT2D eigenvalue weighted by Crippen LogP contribution is -2.45. The highest BCUT2D eigenvalue weighted by molar-refractivity contribution is 5.89. The first-order valence-electron chi connectivity index (χ1n) is 7.57. The third-order valence-electron chi connectivity index (χ3n) is 4.68. The van der Waals surface area contributed by atoms with Crippen LogP contribution in [0.3, 0.4) is 0 Å². The number of carbonyl (C=O) groups is 2. The van der Waals surface area contributed by atoms with E-state index in [0.29, 0.717) is 24.1 Å². The summed E-state index contributed by atoms with van der Waals surface area (Å²) < 4.78 is 0. The van der Waals surface area contributed by atoms with Gasteiger partial charge in [-0.1, -0.05) is 6.92 Å². The third kappa shape index (κ3) is 3.21. The van der Waals surface area contributed by atoms with E-state index in [4.69, 9.17) is 10.2 Å². The summed E-state index contributed by atoms with van der Waals surface area (Å²) >= 11 is 0. The zero-order valence-electron chi connectivity index (χ0n) is 13.9. The Kier molecular flexibility index (Phi) is 4.84. The first-order chi connectivity index (χ1) is 11.2. The minimum atomic E-state index is -1.26. The molecule has 24 heavy (non-hydrogen) atoms. The van der Waals surface area contributed by atoms with Crippen molar-refractivity contribution in [3.8, 4) is 5.75 Å². The number of benzene rings is 1. The molecule has 7 nitrogen and oxygen atoms in total. The Morgan fingerprint density at radius 2 is 1.79 bits per heavy atom. The number of phenolic OH excluding ortho intramolecular Hbond substituents is 1. The molecule has 0 radical (unpaired) electrons. The van der Waals surface area contributed by atoms with E-state index in [1.54, 1.807) is 6.07 Å². The average molecular weight is 334 g/mol. The Hall–Kier alpha value is -2.54. The summed E-state index contributed by atoms with van der Waals surface area (Å²) in [5, 5.41) is 25.3. The molecule has 2 aliphatic rings. The van der Waals surface area contributed by atoms with Gasteiger partial charge < -0.3 is 20.2 Å². The fraction of sp³-hybridized carbons (Fsp3) is 0.412. The summed E-state index contributed by atoms with van der Waals surface area (Å²) in [7, 11) is 4.33. The van der Waals surface area contributed by atoms with Crippen LogP contribution in [0, 0.1) is 0 Å². The number of carboxylic acids is 2. The predicted octanol–water partition coefficient (Wildman–Crippen LogP) is 1.47. The van der Waals surface area contributed by atoms with Crippen molar-refractivity contribution < 1.29 is 24.9 Å². The van der Waals surface area contributed by atoms with Crippen molar-refractivity contribution in [3.05, 3.63) is 35.9 Å². The molecule has 0 aliphatic carbocycles. The van der Waals surface area contributed by atoms with Gasteiger partial charge in [0.2, 0.25) is 0 Å². The van der Waals surface area contributed by atoms with Crippen molar-refractivity contribution >= 4 is 17.6 Å². The highest BCUT2D eigenvalue weighted by atomic mass is 16.4. The number of phenols is 1. The Bertz CT molecular complexity index is 672. The smallest absolute Gasteiger partial charge is 0.328 e. The second-order valence-corrected chi connectivity index (χ2v) is 6.34. The monoisotopic (exact) mass is 334 g/mol. The first-order valence-corrected chi connectivity index (χ1v) is 7.57. The maximum absolute atomic E-state index is 9.65. The molecule has 0 bridgehead atoms. The Morgan fingerprint density at radius 1 is 1.21 bits per heavy atom. The molecule has 2 heterocycles. The molecule has 1 fully saturated rings. The van der Waals surface area contributed by atoms with E-state index in [1.165, 1.54) is 11.3 Å². The molecule has 7 heteroatoms. The van der Waals surface area contributed by atoms with Gasteiger partial charge in [-0.3, -0.25) is 4.90 Å². The minimum Gasteiger partial charge on any atom is -0.508 e. The van der Waals surface area contributed by atoms with E-state index in [1.807, 2.05) is 12.1 Å². The number of carboxylic acid groups (broad SMARTS) is 2. The van der Waals surface area contributed by atoms with Gasteiger partial charge in [0.1, 0.15) is 5.75 Å². The molecule has 2 atom stereocenters. The third-order valence-corrected chi connectivity index (χ3v) is 4.68. The molecular weight excluding hydrogens is 312 g/mol. The van der Waals surface area contributed by atoms with Gasteiger partial charge in [-0.25, -0.2) is 9.59 Å². The van der Waals surface area contributed by atoms with Crippen molar-refractivity contribution in [2.45, 2.75) is 24.9 Å². The van der Waals surface area contributed by atoms with Gasteiger partial charge in [-0.2, -0.15) is 0 Å². The van der Waals surface area contributed by atoms with Crippen LogP contribution in [0.2, 0.25) is 0 Å². The zero-order chi connectivity index (χ0) is 18.1. The van der Waals surface area contributed by atoms with E-state index in [9.17, 15) is 14.7 Å². The highest BCUT2D eigenvalue weighted by Crippen LogP contribution is 2.51. The largest absolute Gasteiger partial charge is 0.508 e. The standard InChI is InChI=1S/C13H18N2O.C4H4O4/c1-13-6-7-14(2)12(13)15(3)11-5-4-9(16)8-10(11)13;5-3(6)1-2-4(7)8/h4-5,8,12,16H,6-7H2,1-3H3;1-2H,(H,5,6)(H,7,8)/b;2-1-/t12-,13+;/m1./s1. The summed E-state index contributed by atoms with van der Waals surface area (Å²) in [6, 6.07) is 5.74. The molecule has 1 aromatic rings. The van der Waals surface area contributed by atoms with Crippen LogP contribution in [0.25, 0.3) is 0 Å². The molecule has 3 N–H and O–H groups in total. The maximum Gasteiger partial charge on any atom is 0.328 e. The fourth-order valence-corrected chi connectivity index (χ4v) is 3.71. The molecule has 0 amide bonds. The van der Waals surface area contributed by atoms with Crippen molar-refractivity contribution in [3.63, 3.8) is 0 Å². The van der Waals surface area contributed by atoms with Gasteiger partial charge in [-0.15, -0.1) is 0 Å². The predicted molar refractivity (Wildman–Crippen MR) is 89.3 cm³/mol. The Morgan fingerprint density at radius 3 is 2.33 bits per heavy atom. The number of nitrogens with zero attached hydrogens (tertiary/aromatic N) is 2. The normalized spacial score (nSPS) is 25.1. The Labute approximate surface area is 140 Å². The van der Waals surface area contributed by atoms with Crippen LogP contribution in [-0.2, 0) is 15.0 Å².